The Morgan fingerprint density at radius 2 is 2.23 bits per heavy atom. The highest BCUT2D eigenvalue weighted by Crippen LogP contribution is 2.23. The van der Waals surface area contributed by atoms with Crippen LogP contribution < -0.4 is 5.73 Å². The molecule has 0 aliphatic rings. The van der Waals surface area contributed by atoms with Crippen molar-refractivity contribution in [3.63, 3.8) is 0 Å². The number of anilines is 1. The molecule has 1 aromatic carbocycles. The topological polar surface area (TPSA) is 66.9 Å². The van der Waals surface area contributed by atoms with Crippen LogP contribution in [0.2, 0.25) is 0 Å². The average Bonchev–Trinajstić information content (AvgIpc) is 2.08. The van der Waals surface area contributed by atoms with Gasteiger partial charge in [-0.1, -0.05) is 0 Å². The van der Waals surface area contributed by atoms with Crippen LogP contribution in [0.25, 0.3) is 0 Å². The summed E-state index contributed by atoms with van der Waals surface area (Å²) >= 11 is 0. The predicted molar refractivity (Wildman–Crippen MR) is 55.7 cm³/mol. The van der Waals surface area contributed by atoms with Crippen molar-refractivity contribution in [2.45, 2.75) is 11.8 Å². The minimum absolute atomic E-state index is 0.314. The summed E-state index contributed by atoms with van der Waals surface area (Å²) in [6.45, 7) is 1.83. The summed E-state index contributed by atoms with van der Waals surface area (Å²) in [5.74, 6) is 0. The lowest BCUT2D eigenvalue weighted by Gasteiger charge is -2.05. The van der Waals surface area contributed by atoms with Gasteiger partial charge in [-0.3, -0.25) is 0 Å². The molecule has 0 radical (unpaired) electrons. The number of nitrogen functional groups attached to an aromatic ring is 1. The molecule has 0 heterocycles. The van der Waals surface area contributed by atoms with Gasteiger partial charge in [0.25, 0.3) is 0 Å². The Morgan fingerprint density at radius 3 is 2.69 bits per heavy atom. The number of rotatable bonds is 2. The second-order valence-corrected chi connectivity index (χ2v) is 4.36. The van der Waals surface area contributed by atoms with Crippen molar-refractivity contribution < 1.29 is 4.21 Å². The predicted octanol–water partition coefficient (Wildman–Crippen LogP) is 1.84. The number of nitrogens with two attached hydrogens (primary N) is 1. The van der Waals surface area contributed by atoms with Gasteiger partial charge in [0.15, 0.2) is 0 Å². The fourth-order valence-electron chi connectivity index (χ4n) is 1.04. The van der Waals surface area contributed by atoms with Gasteiger partial charge >= 0.3 is 0 Å². The van der Waals surface area contributed by atoms with Crippen molar-refractivity contribution in [2.75, 3.05) is 5.73 Å². The summed E-state index contributed by atoms with van der Waals surface area (Å²) in [5.41, 5.74) is 7.38. The molecule has 1 aromatic rings. The van der Waals surface area contributed by atoms with Crippen LogP contribution in [0.15, 0.2) is 17.0 Å². The Labute approximate surface area is 83.4 Å². The zero-order valence-corrected chi connectivity index (χ0v) is 8.58. The SMILES string of the molecule is Cc1cc(C=N)c(N)c(S(=O)Cl)c1. The van der Waals surface area contributed by atoms with Crippen molar-refractivity contribution in [1.82, 2.24) is 0 Å². The first-order chi connectivity index (χ1) is 6.06. The molecule has 0 spiro atoms. The highest BCUT2D eigenvalue weighted by molar-refractivity contribution is 8.08. The summed E-state index contributed by atoms with van der Waals surface area (Å²) in [7, 11) is 3.81. The van der Waals surface area contributed by atoms with Crippen LogP contribution >= 0.6 is 10.7 Å². The van der Waals surface area contributed by atoms with Gasteiger partial charge in [-0.15, -0.1) is 0 Å². The first kappa shape index (κ1) is 10.2. The van der Waals surface area contributed by atoms with Gasteiger partial charge in [0, 0.05) is 11.8 Å². The maximum Gasteiger partial charge on any atom is 0.149 e. The molecular weight excluding hydrogens is 208 g/mol. The maximum absolute atomic E-state index is 11.0. The van der Waals surface area contributed by atoms with E-state index in [0.29, 0.717) is 16.1 Å². The highest BCUT2D eigenvalue weighted by atomic mass is 35.7. The largest absolute Gasteiger partial charge is 0.397 e. The van der Waals surface area contributed by atoms with Gasteiger partial charge in [-0.25, -0.2) is 4.21 Å². The van der Waals surface area contributed by atoms with Gasteiger partial charge in [0.1, 0.15) is 10.0 Å². The quantitative estimate of drug-likeness (QED) is 0.450. The minimum Gasteiger partial charge on any atom is -0.397 e. The standard InChI is InChI=1S/C8H9ClN2OS/c1-5-2-6(4-10)8(11)7(3-5)13(9)12/h2-4,10H,11H2,1H3. The lowest BCUT2D eigenvalue weighted by atomic mass is 10.1. The van der Waals surface area contributed by atoms with E-state index in [1.807, 2.05) is 6.92 Å². The van der Waals surface area contributed by atoms with Gasteiger partial charge in [0.05, 0.1) is 10.6 Å². The van der Waals surface area contributed by atoms with E-state index in [4.69, 9.17) is 21.8 Å². The number of aryl methyl sites for hydroxylation is 1. The van der Waals surface area contributed by atoms with Crippen LogP contribution in [0.4, 0.5) is 5.69 Å². The van der Waals surface area contributed by atoms with E-state index in [9.17, 15) is 4.21 Å². The third-order valence-electron chi connectivity index (χ3n) is 1.65. The van der Waals surface area contributed by atoms with E-state index in [-0.39, 0.29) is 0 Å². The van der Waals surface area contributed by atoms with E-state index >= 15 is 0 Å². The van der Waals surface area contributed by atoms with Crippen LogP contribution in [-0.2, 0) is 10.0 Å². The van der Waals surface area contributed by atoms with E-state index in [1.54, 1.807) is 12.1 Å². The first-order valence-corrected chi connectivity index (χ1v) is 5.52. The fraction of sp³-hybridized carbons (Fsp3) is 0.125. The molecule has 3 nitrogen and oxygen atoms in total. The number of nitrogens with one attached hydrogen (secondary N) is 1. The van der Waals surface area contributed by atoms with E-state index in [1.165, 1.54) is 0 Å². The van der Waals surface area contributed by atoms with Crippen LogP contribution in [0.1, 0.15) is 11.1 Å². The monoisotopic (exact) mass is 216 g/mol. The number of halogens is 1. The lowest BCUT2D eigenvalue weighted by Crippen LogP contribution is -1.99. The Morgan fingerprint density at radius 1 is 1.62 bits per heavy atom. The summed E-state index contributed by atoms with van der Waals surface area (Å²) in [5, 5.41) is 7.07. The fourth-order valence-corrected chi connectivity index (χ4v) is 2.00. The Bertz CT molecular complexity index is 379. The van der Waals surface area contributed by atoms with Crippen LogP contribution in [0.3, 0.4) is 0 Å². The molecule has 0 saturated carbocycles. The van der Waals surface area contributed by atoms with E-state index < -0.39 is 10.0 Å². The van der Waals surface area contributed by atoms with Gasteiger partial charge in [0.2, 0.25) is 0 Å². The molecule has 1 rings (SSSR count). The summed E-state index contributed by atoms with van der Waals surface area (Å²) in [4.78, 5) is 0.375. The molecule has 0 aliphatic carbocycles. The number of benzene rings is 1. The van der Waals surface area contributed by atoms with E-state index in [2.05, 4.69) is 0 Å². The second kappa shape index (κ2) is 3.89. The second-order valence-electron chi connectivity index (χ2n) is 2.63. The Balaban J connectivity index is 3.44. The normalized spacial score (nSPS) is 12.5. The Kier molecular flexibility index (Phi) is 3.06. The Hall–Kier alpha value is -0.870. The molecule has 70 valence electrons. The van der Waals surface area contributed by atoms with Crippen LogP contribution in [-0.4, -0.2) is 10.4 Å². The molecule has 0 saturated heterocycles. The van der Waals surface area contributed by atoms with Crippen LogP contribution in [0, 0.1) is 12.3 Å². The maximum atomic E-state index is 11.0. The smallest absolute Gasteiger partial charge is 0.149 e. The molecule has 0 aliphatic heterocycles. The van der Waals surface area contributed by atoms with Crippen molar-refractivity contribution in [1.29, 1.82) is 5.41 Å². The van der Waals surface area contributed by atoms with Gasteiger partial charge < -0.3 is 11.1 Å². The third kappa shape index (κ3) is 2.08. The molecule has 0 amide bonds. The van der Waals surface area contributed by atoms with Gasteiger partial charge in [-0.2, -0.15) is 0 Å². The van der Waals surface area contributed by atoms with Crippen molar-refractivity contribution in [2.24, 2.45) is 0 Å². The molecule has 13 heavy (non-hydrogen) atoms. The van der Waals surface area contributed by atoms with Crippen molar-refractivity contribution >= 4 is 32.6 Å². The molecule has 5 heteroatoms. The molecule has 1 unspecified atom stereocenters. The highest BCUT2D eigenvalue weighted by Gasteiger charge is 2.09. The average molecular weight is 217 g/mol. The number of hydrogen-bond acceptors (Lipinski definition) is 3. The van der Waals surface area contributed by atoms with E-state index in [0.717, 1.165) is 11.8 Å². The summed E-state index contributed by atoms with van der Waals surface area (Å²) in [6, 6.07) is 3.40. The van der Waals surface area contributed by atoms with Gasteiger partial charge in [-0.05, 0) is 35.3 Å². The minimum atomic E-state index is -1.62. The number of hydrogen-bond donors (Lipinski definition) is 2. The first-order valence-electron chi connectivity index (χ1n) is 3.55. The molecule has 3 N–H and O–H groups in total. The summed E-state index contributed by atoms with van der Waals surface area (Å²) < 4.78 is 11.0. The molecule has 1 atom stereocenters. The van der Waals surface area contributed by atoms with Crippen LogP contribution in [0.5, 0.6) is 0 Å². The lowest BCUT2D eigenvalue weighted by molar-refractivity contribution is 0.691. The van der Waals surface area contributed by atoms with Crippen molar-refractivity contribution in [3.8, 4) is 0 Å². The zero-order chi connectivity index (χ0) is 10.0. The molecular formula is C8H9ClN2OS. The van der Waals surface area contributed by atoms with Crippen molar-refractivity contribution in [3.05, 3.63) is 23.3 Å². The molecule has 0 fully saturated rings. The molecule has 0 aromatic heterocycles. The molecule has 0 bridgehead atoms. The third-order valence-corrected chi connectivity index (χ3v) is 2.83. The summed E-state index contributed by atoms with van der Waals surface area (Å²) in [6.07, 6.45) is 1.12. The zero-order valence-electron chi connectivity index (χ0n) is 7.00.